The van der Waals surface area contributed by atoms with Crippen LogP contribution in [0.4, 0.5) is 18.9 Å². The van der Waals surface area contributed by atoms with Crippen LogP contribution in [0.5, 0.6) is 0 Å². The molecule has 134 valence electrons. The summed E-state index contributed by atoms with van der Waals surface area (Å²) in [5.41, 5.74) is 0.740. The Kier molecular flexibility index (Phi) is 3.88. The van der Waals surface area contributed by atoms with Crippen LogP contribution in [0.2, 0.25) is 0 Å². The summed E-state index contributed by atoms with van der Waals surface area (Å²) in [6.07, 6.45) is -2.79. The average Bonchev–Trinajstić information content (AvgIpc) is 3.03. The second kappa shape index (κ2) is 6.13. The largest absolute Gasteiger partial charge is 0.416 e. The molecule has 0 spiro atoms. The predicted molar refractivity (Wildman–Crippen MR) is 94.9 cm³/mol. The Morgan fingerprint density at radius 3 is 2.30 bits per heavy atom. The summed E-state index contributed by atoms with van der Waals surface area (Å²) in [5.74, 6) is 0. The van der Waals surface area contributed by atoms with Crippen molar-refractivity contribution in [1.82, 2.24) is 4.98 Å². The van der Waals surface area contributed by atoms with E-state index in [0.29, 0.717) is 16.9 Å². The number of hydrogen-bond acceptors (Lipinski definition) is 3. The van der Waals surface area contributed by atoms with Crippen LogP contribution in [0.15, 0.2) is 72.9 Å². The summed E-state index contributed by atoms with van der Waals surface area (Å²) < 4.78 is 38.8. The topological polar surface area (TPSA) is 48.7 Å². The molecule has 0 fully saturated rings. The molecule has 2 atom stereocenters. The number of benzene rings is 2. The van der Waals surface area contributed by atoms with Gasteiger partial charge in [-0.15, -0.1) is 0 Å². The van der Waals surface area contributed by atoms with Crippen molar-refractivity contribution in [1.29, 1.82) is 5.26 Å². The van der Waals surface area contributed by atoms with Crippen molar-refractivity contribution in [3.8, 4) is 6.07 Å². The van der Waals surface area contributed by atoms with Crippen LogP contribution in [-0.2, 0) is 11.6 Å². The molecule has 0 unspecified atom stereocenters. The lowest BCUT2D eigenvalue weighted by molar-refractivity contribution is -0.137. The summed E-state index contributed by atoms with van der Waals surface area (Å²) >= 11 is 0. The second-order valence-corrected chi connectivity index (χ2v) is 6.38. The van der Waals surface area contributed by atoms with E-state index < -0.39 is 23.2 Å². The number of rotatable bonds is 2. The molecule has 3 nitrogen and oxygen atoms in total. The van der Waals surface area contributed by atoms with Gasteiger partial charge in [0.15, 0.2) is 5.41 Å². The van der Waals surface area contributed by atoms with Gasteiger partial charge in [0.05, 0.1) is 29.1 Å². The molecule has 3 aromatic rings. The van der Waals surface area contributed by atoms with Gasteiger partial charge in [0, 0.05) is 6.20 Å². The highest BCUT2D eigenvalue weighted by molar-refractivity contribution is 5.68. The van der Waals surface area contributed by atoms with E-state index in [2.05, 4.69) is 16.4 Å². The number of alkyl halides is 3. The van der Waals surface area contributed by atoms with Gasteiger partial charge in [0.1, 0.15) is 0 Å². The molecule has 0 bridgehead atoms. The van der Waals surface area contributed by atoms with Crippen LogP contribution in [0.3, 0.4) is 0 Å². The molecule has 0 radical (unpaired) electrons. The van der Waals surface area contributed by atoms with Gasteiger partial charge < -0.3 is 5.32 Å². The standard InChI is InChI=1S/C21H14F3N3/c22-21(23,24)16-10-8-14(9-11-16)18-20(13-25,15-5-2-1-3-6-15)19-17(27-18)7-4-12-26-19/h1-12,18,27H/t18-,20-/m0/s1. The van der Waals surface area contributed by atoms with Crippen LogP contribution in [0.1, 0.15) is 28.4 Å². The lowest BCUT2D eigenvalue weighted by Crippen LogP contribution is -2.32. The molecular weight excluding hydrogens is 351 g/mol. The van der Waals surface area contributed by atoms with Crippen LogP contribution in [-0.4, -0.2) is 4.98 Å². The van der Waals surface area contributed by atoms with Gasteiger partial charge in [0.2, 0.25) is 0 Å². The zero-order valence-electron chi connectivity index (χ0n) is 14.0. The maximum Gasteiger partial charge on any atom is 0.416 e. The molecule has 0 amide bonds. The molecule has 2 aromatic carbocycles. The first kappa shape index (κ1) is 17.1. The molecule has 4 rings (SSSR count). The Bertz CT molecular complexity index is 1010. The summed E-state index contributed by atoms with van der Waals surface area (Å²) in [4.78, 5) is 4.43. The van der Waals surface area contributed by atoms with Crippen molar-refractivity contribution in [3.63, 3.8) is 0 Å². The average molecular weight is 365 g/mol. The number of pyridine rings is 1. The van der Waals surface area contributed by atoms with Gasteiger partial charge in [-0.2, -0.15) is 18.4 Å². The van der Waals surface area contributed by atoms with Gasteiger partial charge in [0.25, 0.3) is 0 Å². The summed E-state index contributed by atoms with van der Waals surface area (Å²) in [7, 11) is 0. The molecule has 0 saturated carbocycles. The number of nitriles is 1. The van der Waals surface area contributed by atoms with E-state index in [1.165, 1.54) is 12.1 Å². The number of anilines is 1. The third kappa shape index (κ3) is 2.63. The van der Waals surface area contributed by atoms with Gasteiger partial charge in [-0.25, -0.2) is 0 Å². The Morgan fingerprint density at radius 2 is 1.67 bits per heavy atom. The van der Waals surface area contributed by atoms with E-state index in [1.54, 1.807) is 12.3 Å². The molecule has 2 heterocycles. The van der Waals surface area contributed by atoms with E-state index in [0.717, 1.165) is 17.7 Å². The molecule has 0 aliphatic carbocycles. The van der Waals surface area contributed by atoms with E-state index in [1.807, 2.05) is 36.4 Å². The second-order valence-electron chi connectivity index (χ2n) is 6.38. The minimum absolute atomic E-state index is 0.558. The lowest BCUT2D eigenvalue weighted by Gasteiger charge is -2.29. The van der Waals surface area contributed by atoms with Crippen LogP contribution >= 0.6 is 0 Å². The van der Waals surface area contributed by atoms with E-state index in [9.17, 15) is 18.4 Å². The van der Waals surface area contributed by atoms with Gasteiger partial charge >= 0.3 is 6.18 Å². The molecule has 6 heteroatoms. The number of fused-ring (bicyclic) bond motifs is 1. The maximum atomic E-state index is 12.9. The Morgan fingerprint density at radius 1 is 0.963 bits per heavy atom. The maximum absolute atomic E-state index is 12.9. The van der Waals surface area contributed by atoms with Gasteiger partial charge in [-0.1, -0.05) is 42.5 Å². The smallest absolute Gasteiger partial charge is 0.374 e. The molecule has 1 aliphatic heterocycles. The SMILES string of the molecule is N#C[C@@]1(c2ccccc2)c2ncccc2N[C@H]1c1ccc(C(F)(F)F)cc1. The highest BCUT2D eigenvalue weighted by Gasteiger charge is 2.51. The minimum Gasteiger partial charge on any atom is -0.374 e. The van der Waals surface area contributed by atoms with Crippen molar-refractivity contribution < 1.29 is 13.2 Å². The third-order valence-electron chi connectivity index (χ3n) is 4.89. The fourth-order valence-corrected chi connectivity index (χ4v) is 3.62. The first-order valence-corrected chi connectivity index (χ1v) is 8.33. The van der Waals surface area contributed by atoms with Crippen LogP contribution in [0.25, 0.3) is 0 Å². The number of nitrogens with one attached hydrogen (secondary N) is 1. The van der Waals surface area contributed by atoms with E-state index in [-0.39, 0.29) is 0 Å². The van der Waals surface area contributed by atoms with Crippen molar-refractivity contribution in [2.24, 2.45) is 0 Å². The molecule has 1 aliphatic rings. The normalized spacial score (nSPS) is 21.2. The van der Waals surface area contributed by atoms with Crippen LogP contribution < -0.4 is 5.32 Å². The number of aromatic nitrogens is 1. The van der Waals surface area contributed by atoms with Gasteiger partial charge in [-0.3, -0.25) is 4.98 Å². The van der Waals surface area contributed by atoms with E-state index in [4.69, 9.17) is 0 Å². The molecule has 1 N–H and O–H groups in total. The molecule has 0 saturated heterocycles. The third-order valence-corrected chi connectivity index (χ3v) is 4.89. The zero-order valence-corrected chi connectivity index (χ0v) is 14.0. The minimum atomic E-state index is -4.40. The van der Waals surface area contributed by atoms with Gasteiger partial charge in [-0.05, 0) is 35.4 Å². The Balaban J connectivity index is 1.89. The summed E-state index contributed by atoms with van der Waals surface area (Å²) in [5, 5.41) is 13.5. The highest BCUT2D eigenvalue weighted by Crippen LogP contribution is 2.51. The monoisotopic (exact) mass is 365 g/mol. The quantitative estimate of drug-likeness (QED) is 0.689. The fraction of sp³-hybridized carbons (Fsp3) is 0.143. The Hall–Kier alpha value is -3.33. The van der Waals surface area contributed by atoms with Crippen molar-refractivity contribution in [2.45, 2.75) is 17.6 Å². The van der Waals surface area contributed by atoms with Crippen LogP contribution in [0, 0.1) is 11.3 Å². The van der Waals surface area contributed by atoms with Crippen molar-refractivity contribution in [3.05, 3.63) is 95.3 Å². The summed E-state index contributed by atoms with van der Waals surface area (Å²) in [6.45, 7) is 0. The van der Waals surface area contributed by atoms with Crippen molar-refractivity contribution in [2.75, 3.05) is 5.32 Å². The molecular formula is C21H14F3N3. The first-order valence-electron chi connectivity index (χ1n) is 8.33. The number of nitrogens with zero attached hydrogens (tertiary/aromatic N) is 2. The number of halogens is 3. The molecule has 1 aromatic heterocycles. The first-order chi connectivity index (χ1) is 13.0. The van der Waals surface area contributed by atoms with E-state index >= 15 is 0 Å². The number of hydrogen-bond donors (Lipinski definition) is 1. The summed E-state index contributed by atoms with van der Waals surface area (Å²) in [6, 6.07) is 19.5. The predicted octanol–water partition coefficient (Wildman–Crippen LogP) is 5.08. The highest BCUT2D eigenvalue weighted by atomic mass is 19.4. The Labute approximate surface area is 154 Å². The molecule has 27 heavy (non-hydrogen) atoms. The fourth-order valence-electron chi connectivity index (χ4n) is 3.62. The van der Waals surface area contributed by atoms with Crippen molar-refractivity contribution >= 4 is 5.69 Å². The lowest BCUT2D eigenvalue weighted by atomic mass is 9.72. The zero-order chi connectivity index (χ0) is 19.1.